The van der Waals surface area contributed by atoms with Gasteiger partial charge in [-0.15, -0.1) is 0 Å². The maximum Gasteiger partial charge on any atom is 0.419 e. The van der Waals surface area contributed by atoms with Gasteiger partial charge in [-0.3, -0.25) is 4.79 Å². The Morgan fingerprint density at radius 1 is 1.11 bits per heavy atom. The lowest BCUT2D eigenvalue weighted by molar-refractivity contribution is -0.147. The number of rotatable bonds is 10. The standard InChI is InChI=1S/C26H28F4N2O3/c1-17-15-31-23(18-10-11-20(21(27)14-18)26(28,29)30)32(17)16-19-8-4-5-9-22(19)35-13-7-6-12-25(2,3)24(33)34/h4-5,8-11,14-15H,6-7,12-13,16H2,1-3H3,(H,33,34). The van der Waals surface area contributed by atoms with Crippen molar-refractivity contribution >= 4 is 5.97 Å². The van der Waals surface area contributed by atoms with Crippen LogP contribution in [0.5, 0.6) is 5.75 Å². The zero-order valence-corrected chi connectivity index (χ0v) is 19.8. The van der Waals surface area contributed by atoms with Gasteiger partial charge in [-0.25, -0.2) is 9.37 Å². The van der Waals surface area contributed by atoms with Crippen molar-refractivity contribution in [3.8, 4) is 17.1 Å². The molecule has 1 N–H and O–H groups in total. The average Bonchev–Trinajstić information content (AvgIpc) is 3.13. The van der Waals surface area contributed by atoms with Gasteiger partial charge in [-0.1, -0.05) is 24.3 Å². The van der Waals surface area contributed by atoms with Crippen LogP contribution in [0, 0.1) is 18.2 Å². The number of nitrogens with zero attached hydrogens (tertiary/aromatic N) is 2. The second-order valence-corrected chi connectivity index (χ2v) is 9.10. The van der Waals surface area contributed by atoms with Crippen molar-refractivity contribution in [2.45, 2.75) is 52.8 Å². The molecule has 0 saturated carbocycles. The molecule has 0 amide bonds. The number of halogens is 4. The van der Waals surface area contributed by atoms with E-state index in [1.807, 2.05) is 31.2 Å². The molecule has 2 aromatic carbocycles. The van der Waals surface area contributed by atoms with Crippen LogP contribution in [0.2, 0.25) is 0 Å². The maximum absolute atomic E-state index is 14.2. The van der Waals surface area contributed by atoms with E-state index < -0.39 is 28.9 Å². The molecular weight excluding hydrogens is 464 g/mol. The first kappa shape index (κ1) is 26.2. The third-order valence-corrected chi connectivity index (χ3v) is 5.92. The fourth-order valence-electron chi connectivity index (χ4n) is 3.68. The number of para-hydroxylation sites is 1. The number of aryl methyl sites for hydroxylation is 1. The molecule has 0 saturated heterocycles. The molecule has 0 bridgehead atoms. The summed E-state index contributed by atoms with van der Waals surface area (Å²) in [4.78, 5) is 15.5. The van der Waals surface area contributed by atoms with Gasteiger partial charge in [0.2, 0.25) is 0 Å². The SMILES string of the molecule is Cc1cnc(-c2ccc(C(F)(F)F)c(F)c2)n1Cc1ccccc1OCCCCC(C)(C)C(=O)O. The van der Waals surface area contributed by atoms with Crippen molar-refractivity contribution in [2.24, 2.45) is 5.41 Å². The number of aliphatic carboxylic acids is 1. The van der Waals surface area contributed by atoms with E-state index in [0.29, 0.717) is 44.0 Å². The van der Waals surface area contributed by atoms with Crippen LogP contribution in [0.4, 0.5) is 17.6 Å². The van der Waals surface area contributed by atoms with Gasteiger partial charge >= 0.3 is 12.1 Å². The topological polar surface area (TPSA) is 64.4 Å². The van der Waals surface area contributed by atoms with Gasteiger partial charge in [0.15, 0.2) is 0 Å². The van der Waals surface area contributed by atoms with E-state index in [9.17, 15) is 27.5 Å². The predicted molar refractivity (Wildman–Crippen MR) is 124 cm³/mol. The van der Waals surface area contributed by atoms with Crippen LogP contribution in [0.1, 0.15) is 49.9 Å². The first-order valence-electron chi connectivity index (χ1n) is 11.2. The Morgan fingerprint density at radius 2 is 1.83 bits per heavy atom. The molecule has 0 fully saturated rings. The molecule has 0 unspecified atom stereocenters. The van der Waals surface area contributed by atoms with Crippen molar-refractivity contribution in [2.75, 3.05) is 6.61 Å². The molecule has 0 aliphatic heterocycles. The fourth-order valence-corrected chi connectivity index (χ4v) is 3.68. The van der Waals surface area contributed by atoms with Crippen LogP contribution in [0.3, 0.4) is 0 Å². The second-order valence-electron chi connectivity index (χ2n) is 9.10. The minimum absolute atomic E-state index is 0.239. The summed E-state index contributed by atoms with van der Waals surface area (Å²) >= 11 is 0. The van der Waals surface area contributed by atoms with E-state index >= 15 is 0 Å². The zero-order valence-electron chi connectivity index (χ0n) is 19.8. The van der Waals surface area contributed by atoms with Crippen molar-refractivity contribution in [3.05, 3.63) is 71.3 Å². The number of alkyl halides is 3. The van der Waals surface area contributed by atoms with Gasteiger partial charge in [-0.05, 0) is 58.2 Å². The lowest BCUT2D eigenvalue weighted by Crippen LogP contribution is -2.23. The van der Waals surface area contributed by atoms with E-state index in [0.717, 1.165) is 23.4 Å². The first-order chi connectivity index (χ1) is 16.4. The molecule has 188 valence electrons. The smallest absolute Gasteiger partial charge is 0.419 e. The molecular formula is C26H28F4N2O3. The maximum atomic E-state index is 14.2. The lowest BCUT2D eigenvalue weighted by Gasteiger charge is -2.19. The summed E-state index contributed by atoms with van der Waals surface area (Å²) in [5.41, 5.74) is -0.283. The van der Waals surface area contributed by atoms with Crippen LogP contribution < -0.4 is 4.74 Å². The summed E-state index contributed by atoms with van der Waals surface area (Å²) in [5.74, 6) is -1.19. The molecule has 1 heterocycles. The Kier molecular flexibility index (Phi) is 7.87. The number of carbonyl (C=O) groups is 1. The zero-order chi connectivity index (χ0) is 25.8. The number of hydrogen-bond acceptors (Lipinski definition) is 3. The Morgan fingerprint density at radius 3 is 2.49 bits per heavy atom. The van der Waals surface area contributed by atoms with E-state index in [-0.39, 0.29) is 5.56 Å². The van der Waals surface area contributed by atoms with Crippen molar-refractivity contribution < 1.29 is 32.2 Å². The Balaban J connectivity index is 1.74. The van der Waals surface area contributed by atoms with Crippen LogP contribution in [-0.2, 0) is 17.5 Å². The summed E-state index contributed by atoms with van der Waals surface area (Å²) in [6.07, 6.45) is -1.27. The van der Waals surface area contributed by atoms with Gasteiger partial charge < -0.3 is 14.4 Å². The number of hydrogen-bond donors (Lipinski definition) is 1. The van der Waals surface area contributed by atoms with E-state index in [4.69, 9.17) is 4.74 Å². The summed E-state index contributed by atoms with van der Waals surface area (Å²) in [7, 11) is 0. The van der Waals surface area contributed by atoms with E-state index in [1.54, 1.807) is 24.6 Å². The average molecular weight is 493 g/mol. The molecule has 3 rings (SSSR count). The van der Waals surface area contributed by atoms with Crippen LogP contribution in [-0.4, -0.2) is 27.2 Å². The minimum atomic E-state index is -4.77. The highest BCUT2D eigenvalue weighted by atomic mass is 19.4. The van der Waals surface area contributed by atoms with Crippen molar-refractivity contribution in [3.63, 3.8) is 0 Å². The minimum Gasteiger partial charge on any atom is -0.493 e. The van der Waals surface area contributed by atoms with Gasteiger partial charge in [0, 0.05) is 23.0 Å². The first-order valence-corrected chi connectivity index (χ1v) is 11.2. The third-order valence-electron chi connectivity index (χ3n) is 5.92. The molecule has 35 heavy (non-hydrogen) atoms. The summed E-state index contributed by atoms with van der Waals surface area (Å²) in [5, 5.41) is 9.22. The largest absolute Gasteiger partial charge is 0.493 e. The fraction of sp³-hybridized carbons (Fsp3) is 0.385. The number of carboxylic acids is 1. The third kappa shape index (κ3) is 6.41. The highest BCUT2D eigenvalue weighted by Crippen LogP contribution is 2.34. The molecule has 0 atom stereocenters. The number of aromatic nitrogens is 2. The van der Waals surface area contributed by atoms with Crippen LogP contribution in [0.25, 0.3) is 11.4 Å². The van der Waals surface area contributed by atoms with Crippen molar-refractivity contribution in [1.29, 1.82) is 0 Å². The monoisotopic (exact) mass is 492 g/mol. The summed E-state index contributed by atoms with van der Waals surface area (Å²) < 4.78 is 60.7. The Bertz CT molecular complexity index is 1190. The van der Waals surface area contributed by atoms with Crippen molar-refractivity contribution in [1.82, 2.24) is 9.55 Å². The molecule has 5 nitrogen and oxygen atoms in total. The Labute approximate surface area is 201 Å². The quantitative estimate of drug-likeness (QED) is 0.252. The summed E-state index contributed by atoms with van der Waals surface area (Å²) in [6.45, 7) is 5.93. The molecule has 0 aliphatic rings. The molecule has 3 aromatic rings. The number of imidazole rings is 1. The predicted octanol–water partition coefficient (Wildman–Crippen LogP) is 6.72. The molecule has 0 aliphatic carbocycles. The number of carboxylic acid groups (broad SMARTS) is 1. The van der Waals surface area contributed by atoms with E-state index in [2.05, 4.69) is 4.98 Å². The normalized spacial score (nSPS) is 12.1. The molecule has 9 heteroatoms. The van der Waals surface area contributed by atoms with Crippen LogP contribution >= 0.6 is 0 Å². The lowest BCUT2D eigenvalue weighted by atomic mass is 9.87. The number of benzene rings is 2. The number of unbranched alkanes of at least 4 members (excludes halogenated alkanes) is 1. The Hall–Kier alpha value is -3.36. The summed E-state index contributed by atoms with van der Waals surface area (Å²) in [6, 6.07) is 10.2. The van der Waals surface area contributed by atoms with Gasteiger partial charge in [0.1, 0.15) is 17.4 Å². The van der Waals surface area contributed by atoms with Crippen LogP contribution in [0.15, 0.2) is 48.7 Å². The van der Waals surface area contributed by atoms with E-state index in [1.165, 1.54) is 6.07 Å². The number of ether oxygens (including phenoxy) is 1. The van der Waals surface area contributed by atoms with Gasteiger partial charge in [-0.2, -0.15) is 13.2 Å². The highest BCUT2D eigenvalue weighted by molar-refractivity contribution is 5.73. The van der Waals surface area contributed by atoms with Gasteiger partial charge in [0.25, 0.3) is 0 Å². The molecule has 0 spiro atoms. The highest BCUT2D eigenvalue weighted by Gasteiger charge is 2.34. The molecule has 0 radical (unpaired) electrons. The second kappa shape index (κ2) is 10.5. The van der Waals surface area contributed by atoms with Gasteiger partial charge in [0.05, 0.1) is 24.1 Å². The molecule has 1 aromatic heterocycles.